The minimum absolute atomic E-state index is 0.0271. The minimum Gasteiger partial charge on any atom is -0.504 e. The van der Waals surface area contributed by atoms with Gasteiger partial charge in [0.1, 0.15) is 5.75 Å². The van der Waals surface area contributed by atoms with Gasteiger partial charge in [-0.2, -0.15) is 13.5 Å². The molecule has 3 N–H and O–H groups in total. The number of phenols is 2. The summed E-state index contributed by atoms with van der Waals surface area (Å²) in [6.07, 6.45) is 1.17. The van der Waals surface area contributed by atoms with E-state index in [1.165, 1.54) is 37.6 Å². The van der Waals surface area contributed by atoms with E-state index in [9.17, 15) is 18.6 Å². The largest absolute Gasteiger partial charge is 0.504 e. The lowest BCUT2D eigenvalue weighted by Crippen LogP contribution is -2.18. The number of ether oxygens (including phenoxy) is 2. The molecular formula is C16H18N2O6S. The fourth-order valence-electron chi connectivity index (χ4n) is 1.95. The molecule has 0 aromatic heterocycles. The summed E-state index contributed by atoms with van der Waals surface area (Å²) in [4.78, 5) is 2.09. The highest BCUT2D eigenvalue weighted by molar-refractivity contribution is 7.89. The quantitative estimate of drug-likeness (QED) is 0.391. The van der Waals surface area contributed by atoms with Crippen molar-refractivity contribution in [3.8, 4) is 23.0 Å². The van der Waals surface area contributed by atoms with Crippen LogP contribution in [0.25, 0.3) is 0 Å². The van der Waals surface area contributed by atoms with Gasteiger partial charge in [0.2, 0.25) is 5.75 Å². The predicted molar refractivity (Wildman–Crippen MR) is 91.9 cm³/mol. The lowest BCUT2D eigenvalue weighted by Gasteiger charge is -2.07. The van der Waals surface area contributed by atoms with E-state index in [0.717, 1.165) is 0 Å². The summed E-state index contributed by atoms with van der Waals surface area (Å²) in [7, 11) is -2.52. The second-order valence-corrected chi connectivity index (χ2v) is 6.51. The Balaban J connectivity index is 2.13. The van der Waals surface area contributed by atoms with E-state index in [1.807, 2.05) is 6.92 Å². The normalized spacial score (nSPS) is 11.4. The van der Waals surface area contributed by atoms with Gasteiger partial charge in [-0.25, -0.2) is 4.83 Å². The number of phenolic OH excluding ortho intramolecular Hbond substituents is 2. The van der Waals surface area contributed by atoms with E-state index in [1.54, 1.807) is 12.1 Å². The first kappa shape index (κ1) is 18.4. The molecule has 0 radical (unpaired) electrons. The molecule has 2 rings (SSSR count). The summed E-state index contributed by atoms with van der Waals surface area (Å²) < 4.78 is 34.5. The average Bonchev–Trinajstić information content (AvgIpc) is 2.58. The number of benzene rings is 2. The molecule has 25 heavy (non-hydrogen) atoms. The minimum atomic E-state index is -3.84. The van der Waals surface area contributed by atoms with Crippen molar-refractivity contribution in [3.05, 3.63) is 42.0 Å². The Morgan fingerprint density at radius 1 is 1.20 bits per heavy atom. The highest BCUT2D eigenvalue weighted by Crippen LogP contribution is 2.35. The number of aromatic hydroxyl groups is 2. The molecule has 0 atom stereocenters. The molecule has 0 heterocycles. The van der Waals surface area contributed by atoms with Crippen molar-refractivity contribution in [2.75, 3.05) is 13.7 Å². The lowest BCUT2D eigenvalue weighted by molar-refractivity contribution is 0.340. The maximum Gasteiger partial charge on any atom is 0.276 e. The Morgan fingerprint density at radius 3 is 2.48 bits per heavy atom. The van der Waals surface area contributed by atoms with Crippen LogP contribution in [0.4, 0.5) is 0 Å². The van der Waals surface area contributed by atoms with Gasteiger partial charge in [-0.1, -0.05) is 0 Å². The predicted octanol–water partition coefficient (Wildman–Crippen LogP) is 1.82. The Labute approximate surface area is 145 Å². The third-order valence-electron chi connectivity index (χ3n) is 3.13. The van der Waals surface area contributed by atoms with Crippen LogP contribution in [0.15, 0.2) is 46.4 Å². The van der Waals surface area contributed by atoms with Crippen LogP contribution in [0.2, 0.25) is 0 Å². The monoisotopic (exact) mass is 366 g/mol. The van der Waals surface area contributed by atoms with Crippen LogP contribution in [-0.4, -0.2) is 38.6 Å². The van der Waals surface area contributed by atoms with Gasteiger partial charge in [0.25, 0.3) is 10.0 Å². The molecule has 0 aliphatic heterocycles. The second-order valence-electron chi connectivity index (χ2n) is 4.85. The first-order chi connectivity index (χ1) is 11.9. The van der Waals surface area contributed by atoms with Crippen molar-refractivity contribution < 1.29 is 28.1 Å². The molecule has 2 aromatic carbocycles. The molecule has 9 heteroatoms. The average molecular weight is 366 g/mol. The molecule has 0 spiro atoms. The molecule has 0 unspecified atom stereocenters. The van der Waals surface area contributed by atoms with Crippen molar-refractivity contribution in [2.45, 2.75) is 11.8 Å². The fraction of sp³-hybridized carbons (Fsp3) is 0.188. The molecule has 8 nitrogen and oxygen atoms in total. The molecule has 134 valence electrons. The maximum atomic E-state index is 12.2. The topological polar surface area (TPSA) is 117 Å². The van der Waals surface area contributed by atoms with Gasteiger partial charge in [-0.05, 0) is 43.3 Å². The molecule has 0 saturated carbocycles. The van der Waals surface area contributed by atoms with Crippen molar-refractivity contribution in [3.63, 3.8) is 0 Å². The third-order valence-corrected chi connectivity index (χ3v) is 4.37. The fourth-order valence-corrected chi connectivity index (χ4v) is 2.74. The number of rotatable bonds is 7. The zero-order valence-electron chi connectivity index (χ0n) is 13.6. The molecule has 0 amide bonds. The molecule has 0 saturated heterocycles. The standard InChI is InChI=1S/C16H18N2O6S/c1-3-24-12-4-6-13(7-5-12)25(21,22)18-17-10-11-8-14(19)16(20)15(9-11)23-2/h4-10,18-20H,3H2,1-2H3/b17-10+. The molecule has 0 fully saturated rings. The summed E-state index contributed by atoms with van der Waals surface area (Å²) in [5, 5.41) is 22.8. The van der Waals surface area contributed by atoms with Gasteiger partial charge in [-0.3, -0.25) is 0 Å². The Kier molecular flexibility index (Phi) is 5.71. The van der Waals surface area contributed by atoms with Gasteiger partial charge in [0, 0.05) is 5.56 Å². The van der Waals surface area contributed by atoms with Crippen LogP contribution in [-0.2, 0) is 10.0 Å². The van der Waals surface area contributed by atoms with Crippen LogP contribution in [0, 0.1) is 0 Å². The molecule has 0 bridgehead atoms. The first-order valence-electron chi connectivity index (χ1n) is 7.25. The summed E-state index contributed by atoms with van der Waals surface area (Å²) in [6, 6.07) is 8.50. The number of nitrogens with zero attached hydrogens (tertiary/aromatic N) is 1. The summed E-state index contributed by atoms with van der Waals surface area (Å²) in [6.45, 7) is 2.31. The van der Waals surface area contributed by atoms with Gasteiger partial charge in [-0.15, -0.1) is 0 Å². The van der Waals surface area contributed by atoms with Gasteiger partial charge in [0.05, 0.1) is 24.8 Å². The van der Waals surface area contributed by atoms with E-state index >= 15 is 0 Å². The smallest absolute Gasteiger partial charge is 0.276 e. The first-order valence-corrected chi connectivity index (χ1v) is 8.73. The van der Waals surface area contributed by atoms with Crippen molar-refractivity contribution in [1.82, 2.24) is 4.83 Å². The molecule has 0 aliphatic rings. The van der Waals surface area contributed by atoms with Crippen LogP contribution < -0.4 is 14.3 Å². The van der Waals surface area contributed by atoms with E-state index in [4.69, 9.17) is 9.47 Å². The number of methoxy groups -OCH3 is 1. The number of hydrazone groups is 1. The van der Waals surface area contributed by atoms with Crippen LogP contribution in [0.5, 0.6) is 23.0 Å². The molecule has 0 aliphatic carbocycles. The van der Waals surface area contributed by atoms with E-state index in [0.29, 0.717) is 17.9 Å². The SMILES string of the molecule is CCOc1ccc(S(=O)(=O)N/N=C/c2cc(O)c(O)c(OC)c2)cc1. The number of hydrogen-bond acceptors (Lipinski definition) is 7. The Morgan fingerprint density at radius 2 is 1.88 bits per heavy atom. The Hall–Kier alpha value is -2.94. The van der Waals surface area contributed by atoms with Crippen molar-refractivity contribution in [1.29, 1.82) is 0 Å². The van der Waals surface area contributed by atoms with Gasteiger partial charge >= 0.3 is 0 Å². The molecule has 2 aromatic rings. The van der Waals surface area contributed by atoms with Crippen molar-refractivity contribution >= 4 is 16.2 Å². The number of hydrogen-bond donors (Lipinski definition) is 3. The zero-order valence-corrected chi connectivity index (χ0v) is 14.4. The van der Waals surface area contributed by atoms with Crippen molar-refractivity contribution in [2.24, 2.45) is 5.10 Å². The van der Waals surface area contributed by atoms with E-state index in [-0.39, 0.29) is 10.6 Å². The highest BCUT2D eigenvalue weighted by Gasteiger charge is 2.13. The van der Waals surface area contributed by atoms with Crippen LogP contribution >= 0.6 is 0 Å². The van der Waals surface area contributed by atoms with E-state index < -0.39 is 21.5 Å². The highest BCUT2D eigenvalue weighted by atomic mass is 32.2. The Bertz CT molecular complexity index is 863. The third kappa shape index (κ3) is 4.54. The maximum absolute atomic E-state index is 12.2. The lowest BCUT2D eigenvalue weighted by atomic mass is 10.2. The van der Waals surface area contributed by atoms with Gasteiger partial charge < -0.3 is 19.7 Å². The zero-order chi connectivity index (χ0) is 18.4. The molecular weight excluding hydrogens is 348 g/mol. The second kappa shape index (κ2) is 7.75. The van der Waals surface area contributed by atoms with Crippen LogP contribution in [0.3, 0.4) is 0 Å². The number of nitrogens with one attached hydrogen (secondary N) is 1. The van der Waals surface area contributed by atoms with Gasteiger partial charge in [0.15, 0.2) is 11.5 Å². The van der Waals surface area contributed by atoms with E-state index in [2.05, 4.69) is 9.93 Å². The summed E-state index contributed by atoms with van der Waals surface area (Å²) >= 11 is 0. The summed E-state index contributed by atoms with van der Waals surface area (Å²) in [5.41, 5.74) is 0.335. The van der Waals surface area contributed by atoms with Crippen LogP contribution in [0.1, 0.15) is 12.5 Å². The summed E-state index contributed by atoms with van der Waals surface area (Å²) in [5.74, 6) is -0.211. The number of sulfonamides is 1.